The van der Waals surface area contributed by atoms with E-state index >= 15 is 0 Å². The second-order valence-electron chi connectivity index (χ2n) is 5.34. The number of aromatic amines is 1. The van der Waals surface area contributed by atoms with E-state index < -0.39 is 16.7 Å². The van der Waals surface area contributed by atoms with Gasteiger partial charge in [0.2, 0.25) is 0 Å². The number of para-hydroxylation sites is 1. The molecule has 1 heterocycles. The summed E-state index contributed by atoms with van der Waals surface area (Å²) in [6, 6.07) is 10.9. The molecule has 0 saturated heterocycles. The highest BCUT2D eigenvalue weighted by molar-refractivity contribution is 7.98. The van der Waals surface area contributed by atoms with Crippen LogP contribution in [0.4, 0.5) is 18.9 Å². The summed E-state index contributed by atoms with van der Waals surface area (Å²) in [6.07, 6.45) is -4.48. The molecule has 0 unspecified atom stereocenters. The van der Waals surface area contributed by atoms with Gasteiger partial charge in [-0.05, 0) is 36.5 Å². The van der Waals surface area contributed by atoms with Gasteiger partial charge in [-0.2, -0.15) is 18.3 Å². The Bertz CT molecular complexity index is 1050. The van der Waals surface area contributed by atoms with Crippen molar-refractivity contribution in [1.82, 2.24) is 14.8 Å². The number of benzene rings is 2. The molecule has 0 bridgehead atoms. The number of halogens is 3. The minimum absolute atomic E-state index is 0.0535. The van der Waals surface area contributed by atoms with Gasteiger partial charge in [0.25, 0.3) is 5.69 Å². The van der Waals surface area contributed by atoms with Gasteiger partial charge >= 0.3 is 6.18 Å². The van der Waals surface area contributed by atoms with Crippen molar-refractivity contribution in [3.05, 3.63) is 74.8 Å². The predicted octanol–water partition coefficient (Wildman–Crippen LogP) is 5.15. The number of hydrogen-bond donors (Lipinski definition) is 1. The molecule has 0 radical (unpaired) electrons. The van der Waals surface area contributed by atoms with E-state index in [0.717, 1.165) is 23.9 Å². The zero-order valence-electron chi connectivity index (χ0n) is 13.4. The third-order valence-electron chi connectivity index (χ3n) is 3.59. The van der Waals surface area contributed by atoms with Crippen LogP contribution in [0.3, 0.4) is 0 Å². The molecule has 3 rings (SSSR count). The summed E-state index contributed by atoms with van der Waals surface area (Å²) >= 11 is 6.28. The lowest BCUT2D eigenvalue weighted by Crippen LogP contribution is -2.07. The first kappa shape index (κ1) is 19.1. The summed E-state index contributed by atoms with van der Waals surface area (Å²) in [5.41, 5.74) is -0.649. The van der Waals surface area contributed by atoms with E-state index in [-0.39, 0.29) is 21.9 Å². The number of nitro benzene ring substituents is 1. The smallest absolute Gasteiger partial charge is 0.271 e. The first-order valence-electron chi connectivity index (χ1n) is 7.47. The Morgan fingerprint density at radius 1 is 1.22 bits per heavy atom. The minimum atomic E-state index is -4.48. The fourth-order valence-corrected chi connectivity index (χ4v) is 3.59. The summed E-state index contributed by atoms with van der Waals surface area (Å²) in [4.78, 5) is 11.0. The molecule has 6 nitrogen and oxygen atoms in total. The van der Waals surface area contributed by atoms with Gasteiger partial charge in [0.05, 0.1) is 26.8 Å². The lowest BCUT2D eigenvalue weighted by molar-refractivity contribution is -0.387. The largest absolute Gasteiger partial charge is 0.416 e. The van der Waals surface area contributed by atoms with E-state index in [9.17, 15) is 23.3 Å². The van der Waals surface area contributed by atoms with Gasteiger partial charge in [-0.3, -0.25) is 19.8 Å². The average molecular weight is 412 g/mol. The van der Waals surface area contributed by atoms with Crippen molar-refractivity contribution in [2.24, 2.45) is 0 Å². The van der Waals surface area contributed by atoms with Crippen LogP contribution in [0, 0.1) is 14.9 Å². The quantitative estimate of drug-likeness (QED) is 0.271. The topological polar surface area (TPSA) is 76.8 Å². The van der Waals surface area contributed by atoms with Crippen LogP contribution in [0.2, 0.25) is 0 Å². The number of rotatable bonds is 5. The van der Waals surface area contributed by atoms with E-state index in [4.69, 9.17) is 12.2 Å². The van der Waals surface area contributed by atoms with Crippen LogP contribution < -0.4 is 0 Å². The van der Waals surface area contributed by atoms with Crippen LogP contribution in [0.5, 0.6) is 0 Å². The molecule has 0 fully saturated rings. The molecule has 0 amide bonds. The fraction of sp³-hybridized carbons (Fsp3) is 0.125. The lowest BCUT2D eigenvalue weighted by atomic mass is 10.2. The van der Waals surface area contributed by atoms with Crippen LogP contribution in [0.15, 0.2) is 53.4 Å². The molecule has 140 valence electrons. The summed E-state index contributed by atoms with van der Waals surface area (Å²) in [7, 11) is 0. The summed E-state index contributed by atoms with van der Waals surface area (Å²) in [5, 5.41) is 17.7. The Morgan fingerprint density at radius 3 is 2.67 bits per heavy atom. The Hall–Kier alpha value is -2.66. The zero-order valence-corrected chi connectivity index (χ0v) is 15.1. The van der Waals surface area contributed by atoms with E-state index in [1.807, 2.05) is 0 Å². The molecule has 0 saturated carbocycles. The minimum Gasteiger partial charge on any atom is -0.271 e. The monoisotopic (exact) mass is 412 g/mol. The zero-order chi connectivity index (χ0) is 19.6. The van der Waals surface area contributed by atoms with Crippen molar-refractivity contribution in [2.75, 3.05) is 0 Å². The Kier molecular flexibility index (Phi) is 5.33. The van der Waals surface area contributed by atoms with Crippen LogP contribution in [-0.4, -0.2) is 19.7 Å². The third-order valence-corrected chi connectivity index (χ3v) is 4.92. The number of thioether (sulfide) groups is 1. The molecular weight excluding hydrogens is 401 g/mol. The van der Waals surface area contributed by atoms with Crippen LogP contribution in [0.1, 0.15) is 11.4 Å². The highest BCUT2D eigenvalue weighted by Gasteiger charge is 2.30. The maximum atomic E-state index is 13.0. The van der Waals surface area contributed by atoms with Crippen molar-refractivity contribution in [2.45, 2.75) is 16.8 Å². The molecular formula is C16H11F3N4O2S2. The van der Waals surface area contributed by atoms with Crippen molar-refractivity contribution in [1.29, 1.82) is 0 Å². The average Bonchev–Trinajstić information content (AvgIpc) is 3.00. The number of nitrogens with zero attached hydrogens (tertiary/aromatic N) is 3. The maximum Gasteiger partial charge on any atom is 0.416 e. The Balaban J connectivity index is 1.93. The van der Waals surface area contributed by atoms with Gasteiger partial charge in [0.15, 0.2) is 4.77 Å². The van der Waals surface area contributed by atoms with Gasteiger partial charge in [0.1, 0.15) is 5.82 Å². The number of H-pyrrole nitrogens is 1. The highest BCUT2D eigenvalue weighted by Crippen LogP contribution is 2.33. The molecule has 1 N–H and O–H groups in total. The number of nitrogens with one attached hydrogen (secondary N) is 1. The van der Waals surface area contributed by atoms with Gasteiger partial charge in [-0.15, -0.1) is 11.8 Å². The van der Waals surface area contributed by atoms with Crippen molar-refractivity contribution in [3.8, 4) is 5.69 Å². The SMILES string of the molecule is O=[N+]([O-])c1ccccc1SCc1n[nH]c(=S)n1-c1cccc(C(F)(F)F)c1. The van der Waals surface area contributed by atoms with E-state index in [0.29, 0.717) is 10.7 Å². The number of alkyl halides is 3. The molecule has 1 aromatic heterocycles. The lowest BCUT2D eigenvalue weighted by Gasteiger charge is -2.11. The maximum absolute atomic E-state index is 13.0. The van der Waals surface area contributed by atoms with Gasteiger partial charge in [-0.25, -0.2) is 0 Å². The molecule has 11 heteroatoms. The first-order valence-corrected chi connectivity index (χ1v) is 8.87. The van der Waals surface area contributed by atoms with Crippen LogP contribution in [0.25, 0.3) is 5.69 Å². The number of hydrogen-bond acceptors (Lipinski definition) is 5. The molecule has 0 atom stereocenters. The molecule has 27 heavy (non-hydrogen) atoms. The highest BCUT2D eigenvalue weighted by atomic mass is 32.2. The van der Waals surface area contributed by atoms with Gasteiger partial charge in [-0.1, -0.05) is 18.2 Å². The summed E-state index contributed by atoms with van der Waals surface area (Å²) in [6.45, 7) is 0. The second-order valence-corrected chi connectivity index (χ2v) is 6.75. The predicted molar refractivity (Wildman–Crippen MR) is 96.4 cm³/mol. The molecule has 0 spiro atoms. The Labute approximate surface area is 160 Å². The summed E-state index contributed by atoms with van der Waals surface area (Å²) in [5.74, 6) is 0.524. The van der Waals surface area contributed by atoms with E-state index in [2.05, 4.69) is 10.2 Å². The number of nitro groups is 1. The van der Waals surface area contributed by atoms with Crippen molar-refractivity contribution >= 4 is 29.7 Å². The fourth-order valence-electron chi connectivity index (χ4n) is 2.39. The standard InChI is InChI=1S/C16H11F3N4O2S2/c17-16(18,19)10-4-3-5-11(8-10)22-14(20-21-15(22)26)9-27-13-7-2-1-6-12(13)23(24)25/h1-8H,9H2,(H,21,26). The van der Waals surface area contributed by atoms with Crippen LogP contribution >= 0.6 is 24.0 Å². The molecule has 0 aliphatic heterocycles. The third kappa shape index (κ3) is 4.19. The normalized spacial score (nSPS) is 11.5. The second kappa shape index (κ2) is 7.53. The van der Waals surface area contributed by atoms with Crippen LogP contribution in [-0.2, 0) is 11.9 Å². The molecule has 0 aliphatic rings. The Morgan fingerprint density at radius 2 is 1.96 bits per heavy atom. The number of aromatic nitrogens is 3. The molecule has 0 aliphatic carbocycles. The van der Waals surface area contributed by atoms with E-state index in [1.165, 1.54) is 22.8 Å². The summed E-state index contributed by atoms with van der Waals surface area (Å²) < 4.78 is 40.4. The first-order chi connectivity index (χ1) is 12.8. The molecule has 3 aromatic rings. The molecule has 2 aromatic carbocycles. The van der Waals surface area contributed by atoms with Gasteiger partial charge < -0.3 is 0 Å². The van der Waals surface area contributed by atoms with Crippen molar-refractivity contribution in [3.63, 3.8) is 0 Å². The van der Waals surface area contributed by atoms with E-state index in [1.54, 1.807) is 18.2 Å². The van der Waals surface area contributed by atoms with Gasteiger partial charge in [0, 0.05) is 6.07 Å². The van der Waals surface area contributed by atoms with Crippen molar-refractivity contribution < 1.29 is 18.1 Å².